The zero-order valence-corrected chi connectivity index (χ0v) is 11.7. The second-order valence-electron chi connectivity index (χ2n) is 5.27. The highest BCUT2D eigenvalue weighted by Crippen LogP contribution is 2.31. The van der Waals surface area contributed by atoms with Crippen LogP contribution in [0.3, 0.4) is 0 Å². The number of amides is 1. The van der Waals surface area contributed by atoms with Crippen LogP contribution in [0.4, 0.5) is 0 Å². The molecule has 0 unspecified atom stereocenters. The number of piperidine rings is 1. The molecule has 0 atom stereocenters. The minimum atomic E-state index is 0.254. The van der Waals surface area contributed by atoms with E-state index in [0.717, 1.165) is 30.8 Å². The van der Waals surface area contributed by atoms with Crippen LogP contribution in [-0.4, -0.2) is 37.0 Å². The van der Waals surface area contributed by atoms with Crippen molar-refractivity contribution in [1.82, 2.24) is 10.2 Å². The third kappa shape index (κ3) is 2.19. The van der Waals surface area contributed by atoms with Gasteiger partial charge in [-0.3, -0.25) is 4.79 Å². The normalized spacial score (nSPS) is 20.2. The molecule has 2 aliphatic rings. The summed E-state index contributed by atoms with van der Waals surface area (Å²) in [7, 11) is 2.01. The average molecular weight is 264 g/mol. The minimum absolute atomic E-state index is 0.254. The van der Waals surface area contributed by atoms with Crippen LogP contribution >= 0.6 is 11.3 Å². The highest BCUT2D eigenvalue weighted by molar-refractivity contribution is 7.14. The van der Waals surface area contributed by atoms with Crippen molar-refractivity contribution >= 4 is 17.2 Å². The molecule has 3 rings (SSSR count). The van der Waals surface area contributed by atoms with Crippen LogP contribution in [0, 0.1) is 0 Å². The number of thiophene rings is 1. The molecule has 1 aromatic rings. The first-order chi connectivity index (χ1) is 8.78. The maximum atomic E-state index is 12.4. The Morgan fingerprint density at radius 3 is 2.83 bits per heavy atom. The maximum Gasteiger partial charge on any atom is 0.263 e. The number of aryl methyl sites for hydroxylation is 2. The number of hydrogen-bond donors (Lipinski definition) is 1. The summed E-state index contributed by atoms with van der Waals surface area (Å²) in [4.78, 5) is 16.8. The fraction of sp³-hybridized carbons (Fsp3) is 0.643. The molecule has 0 bridgehead atoms. The molecule has 1 aromatic heterocycles. The van der Waals surface area contributed by atoms with Crippen molar-refractivity contribution in [2.24, 2.45) is 0 Å². The van der Waals surface area contributed by atoms with E-state index in [1.807, 2.05) is 11.9 Å². The van der Waals surface area contributed by atoms with Gasteiger partial charge < -0.3 is 10.2 Å². The summed E-state index contributed by atoms with van der Waals surface area (Å²) >= 11 is 1.72. The third-order valence-electron chi connectivity index (χ3n) is 4.15. The zero-order chi connectivity index (χ0) is 12.5. The topological polar surface area (TPSA) is 32.3 Å². The Hall–Kier alpha value is -0.870. The van der Waals surface area contributed by atoms with Crippen LogP contribution in [0.15, 0.2) is 6.07 Å². The molecule has 3 nitrogen and oxygen atoms in total. The summed E-state index contributed by atoms with van der Waals surface area (Å²) in [5.41, 5.74) is 1.42. The number of rotatable bonds is 2. The Bertz CT molecular complexity index is 425. The van der Waals surface area contributed by atoms with E-state index >= 15 is 0 Å². The van der Waals surface area contributed by atoms with E-state index < -0.39 is 0 Å². The molecular formula is C14H20N2OS. The first-order valence-electron chi connectivity index (χ1n) is 6.86. The number of carbonyl (C=O) groups is 1. The molecule has 0 radical (unpaired) electrons. The molecular weight excluding hydrogens is 244 g/mol. The van der Waals surface area contributed by atoms with Crippen LogP contribution in [0.5, 0.6) is 0 Å². The van der Waals surface area contributed by atoms with Crippen molar-refractivity contribution in [3.63, 3.8) is 0 Å². The van der Waals surface area contributed by atoms with Gasteiger partial charge in [0.15, 0.2) is 0 Å². The van der Waals surface area contributed by atoms with Gasteiger partial charge in [0.2, 0.25) is 0 Å². The van der Waals surface area contributed by atoms with E-state index in [0.29, 0.717) is 6.04 Å². The predicted octanol–water partition coefficient (Wildman–Crippen LogP) is 2.06. The molecule has 1 saturated heterocycles. The lowest BCUT2D eigenvalue weighted by Crippen LogP contribution is -2.43. The van der Waals surface area contributed by atoms with Gasteiger partial charge in [-0.1, -0.05) is 0 Å². The highest BCUT2D eigenvalue weighted by atomic mass is 32.1. The largest absolute Gasteiger partial charge is 0.338 e. The van der Waals surface area contributed by atoms with Gasteiger partial charge in [-0.25, -0.2) is 0 Å². The fourth-order valence-corrected chi connectivity index (χ4v) is 4.18. The second kappa shape index (κ2) is 5.02. The Morgan fingerprint density at radius 2 is 2.17 bits per heavy atom. The van der Waals surface area contributed by atoms with E-state index in [9.17, 15) is 4.79 Å². The number of fused-ring (bicyclic) bond motifs is 1. The Morgan fingerprint density at radius 1 is 1.39 bits per heavy atom. The standard InChI is InChI=1S/C14H20N2OS/c1-15-11-5-7-16(8-6-11)14(17)13-9-10-3-2-4-12(10)18-13/h9,11,15H,2-8H2,1H3. The predicted molar refractivity (Wildman–Crippen MR) is 74.3 cm³/mol. The quantitative estimate of drug-likeness (QED) is 0.887. The number of likely N-dealkylation sites (tertiary alicyclic amines) is 1. The lowest BCUT2D eigenvalue weighted by atomic mass is 10.1. The molecule has 98 valence electrons. The van der Waals surface area contributed by atoms with E-state index in [2.05, 4.69) is 11.4 Å². The van der Waals surface area contributed by atoms with Crippen molar-refractivity contribution in [3.05, 3.63) is 21.4 Å². The molecule has 1 N–H and O–H groups in total. The summed E-state index contributed by atoms with van der Waals surface area (Å²) in [5, 5.41) is 3.30. The van der Waals surface area contributed by atoms with Crippen LogP contribution < -0.4 is 5.32 Å². The van der Waals surface area contributed by atoms with E-state index in [4.69, 9.17) is 0 Å². The van der Waals surface area contributed by atoms with Gasteiger partial charge in [-0.2, -0.15) is 0 Å². The molecule has 4 heteroatoms. The Kier molecular flexibility index (Phi) is 3.39. The van der Waals surface area contributed by atoms with Crippen LogP contribution in [0.1, 0.15) is 39.4 Å². The lowest BCUT2D eigenvalue weighted by Gasteiger charge is -2.31. The average Bonchev–Trinajstić information content (AvgIpc) is 2.99. The lowest BCUT2D eigenvalue weighted by molar-refractivity contribution is 0.0712. The maximum absolute atomic E-state index is 12.4. The monoisotopic (exact) mass is 264 g/mol. The number of nitrogens with one attached hydrogen (secondary N) is 1. The number of carbonyl (C=O) groups excluding carboxylic acids is 1. The van der Waals surface area contributed by atoms with Gasteiger partial charge in [-0.05, 0) is 50.8 Å². The molecule has 0 aromatic carbocycles. The van der Waals surface area contributed by atoms with E-state index in [1.165, 1.54) is 29.7 Å². The SMILES string of the molecule is CNC1CCN(C(=O)c2cc3c(s2)CCC3)CC1. The molecule has 1 fully saturated rings. The van der Waals surface area contributed by atoms with Crippen LogP contribution in [0.2, 0.25) is 0 Å². The first kappa shape index (κ1) is 12.2. The minimum Gasteiger partial charge on any atom is -0.338 e. The van der Waals surface area contributed by atoms with E-state index in [1.54, 1.807) is 11.3 Å². The smallest absolute Gasteiger partial charge is 0.263 e. The summed E-state index contributed by atoms with van der Waals surface area (Å²) in [5.74, 6) is 0.254. The fourth-order valence-electron chi connectivity index (χ4n) is 2.96. The Balaban J connectivity index is 1.67. The third-order valence-corrected chi connectivity index (χ3v) is 5.37. The number of hydrogen-bond acceptors (Lipinski definition) is 3. The van der Waals surface area contributed by atoms with Crippen molar-refractivity contribution in [1.29, 1.82) is 0 Å². The number of nitrogens with zero attached hydrogens (tertiary/aromatic N) is 1. The van der Waals surface area contributed by atoms with Gasteiger partial charge in [0.25, 0.3) is 5.91 Å². The molecule has 1 aliphatic carbocycles. The van der Waals surface area contributed by atoms with Gasteiger partial charge in [0.05, 0.1) is 4.88 Å². The molecule has 1 aliphatic heterocycles. The first-order valence-corrected chi connectivity index (χ1v) is 7.67. The van der Waals surface area contributed by atoms with Crippen molar-refractivity contribution in [2.45, 2.75) is 38.1 Å². The second-order valence-corrected chi connectivity index (χ2v) is 6.40. The summed E-state index contributed by atoms with van der Waals surface area (Å²) < 4.78 is 0. The van der Waals surface area contributed by atoms with E-state index in [-0.39, 0.29) is 5.91 Å². The van der Waals surface area contributed by atoms with Crippen molar-refractivity contribution in [3.8, 4) is 0 Å². The molecule has 1 amide bonds. The molecule has 2 heterocycles. The van der Waals surface area contributed by atoms with Crippen LogP contribution in [0.25, 0.3) is 0 Å². The van der Waals surface area contributed by atoms with Gasteiger partial charge in [0.1, 0.15) is 0 Å². The molecule has 0 spiro atoms. The van der Waals surface area contributed by atoms with Gasteiger partial charge in [-0.15, -0.1) is 11.3 Å². The van der Waals surface area contributed by atoms with Gasteiger partial charge in [0, 0.05) is 24.0 Å². The van der Waals surface area contributed by atoms with Crippen molar-refractivity contribution < 1.29 is 4.79 Å². The Labute approximate surface area is 112 Å². The molecule has 0 saturated carbocycles. The molecule has 18 heavy (non-hydrogen) atoms. The zero-order valence-electron chi connectivity index (χ0n) is 10.9. The highest BCUT2D eigenvalue weighted by Gasteiger charge is 2.25. The summed E-state index contributed by atoms with van der Waals surface area (Å²) in [6.07, 6.45) is 5.76. The van der Waals surface area contributed by atoms with Crippen LogP contribution in [-0.2, 0) is 12.8 Å². The van der Waals surface area contributed by atoms with Crippen molar-refractivity contribution in [2.75, 3.05) is 20.1 Å². The van der Waals surface area contributed by atoms with Gasteiger partial charge >= 0.3 is 0 Å². The summed E-state index contributed by atoms with van der Waals surface area (Å²) in [6, 6.07) is 2.72. The summed E-state index contributed by atoms with van der Waals surface area (Å²) in [6.45, 7) is 1.79.